The molecule has 10 nitrogen and oxygen atoms in total. The van der Waals surface area contributed by atoms with Gasteiger partial charge in [0.25, 0.3) is 0 Å². The molecule has 226 valence electrons. The number of nitriles is 2. The zero-order valence-corrected chi connectivity index (χ0v) is 24.8. The van der Waals surface area contributed by atoms with Crippen LogP contribution in [-0.4, -0.2) is 14.8 Å². The van der Waals surface area contributed by atoms with Crippen LogP contribution in [0.5, 0.6) is 0 Å². The van der Waals surface area contributed by atoms with Crippen LogP contribution in [0.2, 0.25) is 0 Å². The first kappa shape index (κ1) is 36.8. The van der Waals surface area contributed by atoms with Gasteiger partial charge in [0.15, 0.2) is 0 Å². The van der Waals surface area contributed by atoms with Gasteiger partial charge in [-0.25, -0.2) is 9.67 Å². The Bertz CT molecular complexity index is 1880. The van der Waals surface area contributed by atoms with Gasteiger partial charge in [-0.1, -0.05) is 29.3 Å². The molecule has 0 aliphatic carbocycles. The van der Waals surface area contributed by atoms with Gasteiger partial charge in [0.1, 0.15) is 12.7 Å². The number of aromatic nitrogens is 3. The minimum atomic E-state index is -0.612. The van der Waals surface area contributed by atoms with Crippen LogP contribution in [0.15, 0.2) is 46.5 Å². The van der Waals surface area contributed by atoms with Gasteiger partial charge in [-0.05, 0) is 145 Å². The summed E-state index contributed by atoms with van der Waals surface area (Å²) in [4.78, 5) is 3.94. The van der Waals surface area contributed by atoms with Crippen LogP contribution in [0.3, 0.4) is 0 Å². The van der Waals surface area contributed by atoms with Gasteiger partial charge in [-0.2, -0.15) is 21.2 Å². The third-order valence-electron chi connectivity index (χ3n) is 4.85. The molecule has 1 heterocycles. The maximum atomic E-state index is 9.40. The second kappa shape index (κ2) is 21.6. The largest absolute Gasteiger partial charge is 0.303 e. The number of hydrogen-bond donors (Lipinski definition) is 2. The molecule has 0 aliphatic heterocycles. The highest BCUT2D eigenvalue weighted by Gasteiger charge is 2.26. The Balaban J connectivity index is -0.0000000968. The predicted molar refractivity (Wildman–Crippen MR) is 181 cm³/mol. The summed E-state index contributed by atoms with van der Waals surface area (Å²) in [6.07, 6.45) is 8.02. The van der Waals surface area contributed by atoms with Crippen LogP contribution < -0.4 is 5.84 Å². The topological polar surface area (TPSA) is 165 Å². The Morgan fingerprint density at radius 3 is 1.61 bits per heavy atom. The smallest absolute Gasteiger partial charge is 0.137 e. The van der Waals surface area contributed by atoms with Crippen molar-refractivity contribution < 1.29 is 9.99 Å². The van der Waals surface area contributed by atoms with Crippen LogP contribution >= 0.6 is 0 Å². The summed E-state index contributed by atoms with van der Waals surface area (Å²) < 4.78 is 1.72. The Kier molecular flexibility index (Phi) is 18.1. The summed E-state index contributed by atoms with van der Waals surface area (Å²) in [6.45, 7) is 9.78. The van der Waals surface area contributed by atoms with Gasteiger partial charge >= 0.3 is 0 Å². The number of rotatable bonds is 5. The van der Waals surface area contributed by atoms with Crippen molar-refractivity contribution in [2.45, 2.75) is 52.0 Å². The standard InChI is InChI=1S/C17H19N5.C17H4.H3N5.7H2/c1-16(2,9-18)14-5-13(8-22-12-20-11-21-22)6-15(7-14)17(3,4)10-19;1-3-5-7-9-11-13-15-17-16-14-12-10-8-6-4-2;1-3-5-4-2;;;;;;;/h5-7,11-12H,8H2,1-4H3;1H,2H3;(H3,1,2,5);7*1H. The first-order valence-electron chi connectivity index (χ1n) is 12.3. The van der Waals surface area contributed by atoms with Gasteiger partial charge in [0.05, 0.1) is 29.5 Å². The fourth-order valence-corrected chi connectivity index (χ4v) is 2.60. The molecule has 0 radical (unpaired) electrons. The van der Waals surface area contributed by atoms with E-state index in [4.69, 9.17) is 12.0 Å². The first-order valence-corrected chi connectivity index (χ1v) is 12.3. The van der Waals surface area contributed by atoms with E-state index in [0.717, 1.165) is 16.7 Å². The number of nitrogens with zero attached hydrogens (tertiary/aromatic N) is 8. The summed E-state index contributed by atoms with van der Waals surface area (Å²) in [6, 6.07) is 10.6. The van der Waals surface area contributed by atoms with Crippen LogP contribution in [0.25, 0.3) is 0 Å². The summed E-state index contributed by atoms with van der Waals surface area (Å²) in [7, 11) is 0. The average Bonchev–Trinajstić information content (AvgIpc) is 3.53. The van der Waals surface area contributed by atoms with Crippen molar-refractivity contribution in [1.29, 1.82) is 16.1 Å². The Hall–Kier alpha value is -7.18. The van der Waals surface area contributed by atoms with Crippen LogP contribution in [-0.2, 0) is 17.4 Å². The van der Waals surface area contributed by atoms with E-state index < -0.39 is 10.8 Å². The fourth-order valence-electron chi connectivity index (χ4n) is 2.60. The van der Waals surface area contributed by atoms with E-state index in [1.165, 1.54) is 6.33 Å². The predicted octanol–water partition coefficient (Wildman–Crippen LogP) is 5.57. The van der Waals surface area contributed by atoms with Crippen molar-refractivity contribution in [3.8, 4) is 107 Å². The van der Waals surface area contributed by atoms with Crippen molar-refractivity contribution >= 4 is 0 Å². The van der Waals surface area contributed by atoms with Gasteiger partial charge in [-0.3, -0.25) is 0 Å². The quantitative estimate of drug-likeness (QED) is 0.201. The van der Waals surface area contributed by atoms with Crippen molar-refractivity contribution in [2.24, 2.45) is 21.5 Å². The highest BCUT2D eigenvalue weighted by molar-refractivity contribution is 5.46. The molecule has 3 N–H and O–H groups in total. The maximum absolute atomic E-state index is 9.40. The van der Waals surface area contributed by atoms with Crippen LogP contribution in [0, 0.1) is 123 Å². The van der Waals surface area contributed by atoms with Gasteiger partial charge in [0, 0.05) is 9.99 Å². The molecule has 1 aromatic carbocycles. The lowest BCUT2D eigenvalue weighted by Crippen LogP contribution is -2.20. The Morgan fingerprint density at radius 2 is 1.30 bits per heavy atom. The van der Waals surface area contributed by atoms with Gasteiger partial charge < -0.3 is 5.84 Å². The molecular formula is C34H40N10. The first-order chi connectivity index (χ1) is 21.1. The lowest BCUT2D eigenvalue weighted by Gasteiger charge is -2.23. The summed E-state index contributed by atoms with van der Waals surface area (Å²) in [5.41, 5.74) is 7.48. The van der Waals surface area contributed by atoms with E-state index in [1.54, 1.807) is 17.9 Å². The molecule has 10 heteroatoms. The highest BCUT2D eigenvalue weighted by atomic mass is 15.5. The van der Waals surface area contributed by atoms with Crippen molar-refractivity contribution in [1.82, 2.24) is 14.8 Å². The molecule has 0 spiro atoms. The molecular weight excluding hydrogens is 548 g/mol. The monoisotopic (exact) mass is 588 g/mol. The molecule has 2 rings (SSSR count). The zero-order chi connectivity index (χ0) is 33.1. The SMILES string of the molecule is C#CC#CC#CC#CC#CC#CC#CC#CC.CC(C)(C#N)c1cc(Cn2cncn2)cc(C(C)(C)C#N)c1.N=N/N=N/N.[HH].[HH].[HH].[HH].[HH].[HH].[HH]. The summed E-state index contributed by atoms with van der Waals surface area (Å²) in [5.74, 6) is 41.3. The molecule has 0 saturated heterocycles. The molecule has 0 unspecified atom stereocenters. The second-order valence-electron chi connectivity index (χ2n) is 8.81. The van der Waals surface area contributed by atoms with Gasteiger partial charge in [-0.15, -0.1) is 6.42 Å². The number of hydrogen-bond acceptors (Lipinski definition) is 6. The van der Waals surface area contributed by atoms with E-state index in [1.807, 2.05) is 45.9 Å². The van der Waals surface area contributed by atoms with Crippen molar-refractivity contribution in [2.75, 3.05) is 0 Å². The number of nitrogens with two attached hydrogens (primary N) is 1. The number of terminal acetylenes is 1. The van der Waals surface area contributed by atoms with Crippen LogP contribution in [0.4, 0.5) is 0 Å². The van der Waals surface area contributed by atoms with Gasteiger partial charge in [0.2, 0.25) is 0 Å². The summed E-state index contributed by atoms with van der Waals surface area (Å²) in [5, 5.41) is 30.6. The molecule has 0 amide bonds. The second-order valence-corrected chi connectivity index (χ2v) is 8.81. The lowest BCUT2D eigenvalue weighted by atomic mass is 9.79. The molecule has 0 atom stereocenters. The minimum Gasteiger partial charge on any atom is -0.303 e. The van der Waals surface area contributed by atoms with E-state index in [-0.39, 0.29) is 9.99 Å². The van der Waals surface area contributed by atoms with E-state index in [9.17, 15) is 10.5 Å². The number of benzene rings is 1. The minimum absolute atomic E-state index is 0. The third-order valence-corrected chi connectivity index (χ3v) is 4.85. The zero-order valence-electron chi connectivity index (χ0n) is 24.8. The van der Waals surface area contributed by atoms with Crippen LogP contribution in [0.1, 0.15) is 61.3 Å². The normalized spacial score (nSPS) is 8.32. The Morgan fingerprint density at radius 1 is 0.841 bits per heavy atom. The molecule has 1 aromatic heterocycles. The lowest BCUT2D eigenvalue weighted by molar-refractivity contribution is 0.646. The van der Waals surface area contributed by atoms with E-state index >= 15 is 0 Å². The molecule has 2 aromatic rings. The van der Waals surface area contributed by atoms with E-state index in [2.05, 4.69) is 133 Å². The number of nitrogens with one attached hydrogen (secondary N) is 1. The highest BCUT2D eigenvalue weighted by Crippen LogP contribution is 2.30. The Labute approximate surface area is 269 Å². The van der Waals surface area contributed by atoms with E-state index in [0.29, 0.717) is 6.54 Å². The molecule has 44 heavy (non-hydrogen) atoms. The average molecular weight is 589 g/mol. The molecule has 0 bridgehead atoms. The molecule has 0 fully saturated rings. The van der Waals surface area contributed by atoms with Crippen molar-refractivity contribution in [3.63, 3.8) is 0 Å². The fraction of sp³-hybridized carbons (Fsp3) is 0.235. The maximum Gasteiger partial charge on any atom is 0.137 e. The molecule has 0 aliphatic rings. The molecule has 0 saturated carbocycles. The van der Waals surface area contributed by atoms with Crippen molar-refractivity contribution in [3.05, 3.63) is 47.5 Å². The third kappa shape index (κ3) is 16.0. The summed E-state index contributed by atoms with van der Waals surface area (Å²) >= 11 is 0.